The third-order valence-corrected chi connectivity index (χ3v) is 20.6. The molecule has 0 bridgehead atoms. The normalized spacial score (nSPS) is 10.3. The number of nitrogens with zero attached hydrogens (tertiary/aromatic N) is 16. The molecule has 0 aliphatic heterocycles. The number of fused-ring (bicyclic) bond motifs is 4. The number of rotatable bonds is 13. The number of benzene rings is 11. The summed E-state index contributed by atoms with van der Waals surface area (Å²) in [6.45, 7) is 4.44. The van der Waals surface area contributed by atoms with E-state index in [-0.39, 0.29) is 103 Å². The molecule has 23 rings (SSSR count). The molecular formula is C114H76F8Ir4N16-8. The summed E-state index contributed by atoms with van der Waals surface area (Å²) in [5.41, 5.74) is 18.4. The molecule has 0 atom stereocenters. The summed E-state index contributed by atoms with van der Waals surface area (Å²) < 4.78 is 111. The zero-order valence-corrected chi connectivity index (χ0v) is 84.6. The van der Waals surface area contributed by atoms with E-state index in [1.807, 2.05) is 207 Å². The fourth-order valence-electron chi connectivity index (χ4n) is 14.2. The average Bonchev–Trinajstić information content (AvgIpc) is 1.65. The topological polar surface area (TPSA) is 174 Å². The van der Waals surface area contributed by atoms with Gasteiger partial charge in [0.05, 0.1) is 23.3 Å². The van der Waals surface area contributed by atoms with Gasteiger partial charge >= 0.3 is 0 Å². The van der Waals surface area contributed by atoms with Crippen LogP contribution in [0.1, 0.15) is 19.4 Å². The first-order valence-electron chi connectivity index (χ1n) is 43.1. The summed E-state index contributed by atoms with van der Waals surface area (Å²) >= 11 is 0. The van der Waals surface area contributed by atoms with Crippen molar-refractivity contribution in [2.24, 2.45) is 5.92 Å². The number of aromatic nitrogens is 16. The first-order valence-corrected chi connectivity index (χ1v) is 43.1. The molecule has 28 heteroatoms. The van der Waals surface area contributed by atoms with Gasteiger partial charge in [0.2, 0.25) is 0 Å². The molecule has 12 heterocycles. The first kappa shape index (κ1) is 105. The van der Waals surface area contributed by atoms with Crippen molar-refractivity contribution in [1.29, 1.82) is 0 Å². The van der Waals surface area contributed by atoms with E-state index >= 15 is 0 Å². The zero-order valence-electron chi connectivity index (χ0n) is 75.0. The second-order valence-electron chi connectivity index (χ2n) is 30.6. The fourth-order valence-corrected chi connectivity index (χ4v) is 14.2. The van der Waals surface area contributed by atoms with Crippen molar-refractivity contribution in [3.63, 3.8) is 0 Å². The Morgan fingerprint density at radius 3 is 0.937 bits per heavy atom. The predicted octanol–water partition coefficient (Wildman–Crippen LogP) is 26.4. The molecule has 0 N–H and O–H groups in total. The Morgan fingerprint density at radius 1 is 0.254 bits per heavy atom. The molecular weight excluding hydrogens is 2510 g/mol. The van der Waals surface area contributed by atoms with Crippen molar-refractivity contribution in [2.45, 2.75) is 20.3 Å². The third-order valence-electron chi connectivity index (χ3n) is 20.6. The maximum atomic E-state index is 13.2. The van der Waals surface area contributed by atoms with E-state index in [2.05, 4.69) is 190 Å². The summed E-state index contributed by atoms with van der Waals surface area (Å²) in [5, 5.41) is 0. The molecule has 0 aliphatic carbocycles. The van der Waals surface area contributed by atoms with Gasteiger partial charge in [-0.1, -0.05) is 355 Å². The Balaban J connectivity index is 0.000000145. The van der Waals surface area contributed by atoms with Crippen molar-refractivity contribution >= 4 is 44.1 Å². The van der Waals surface area contributed by atoms with Crippen LogP contribution in [0.5, 0.6) is 0 Å². The van der Waals surface area contributed by atoms with Crippen LogP contribution in [0.15, 0.2) is 407 Å². The maximum Gasteiger partial charge on any atom is 0.0631 e. The van der Waals surface area contributed by atoms with Crippen LogP contribution in [0.25, 0.3) is 146 Å². The van der Waals surface area contributed by atoms with Crippen LogP contribution in [0.3, 0.4) is 0 Å². The first-order chi connectivity index (χ1) is 67.6. The number of halogens is 8. The van der Waals surface area contributed by atoms with Gasteiger partial charge in [-0.25, -0.2) is 0 Å². The van der Waals surface area contributed by atoms with E-state index < -0.39 is 46.5 Å². The molecule has 4 radical (unpaired) electrons. The molecule has 0 fully saturated rings. The van der Waals surface area contributed by atoms with E-state index in [1.54, 1.807) is 104 Å². The molecule has 142 heavy (non-hydrogen) atoms. The van der Waals surface area contributed by atoms with Crippen LogP contribution in [0.4, 0.5) is 35.1 Å². The minimum atomic E-state index is -0.649. The molecule has 0 saturated heterocycles. The third kappa shape index (κ3) is 27.8. The van der Waals surface area contributed by atoms with Gasteiger partial charge in [-0.2, -0.15) is 0 Å². The fraction of sp³-hybridized carbons (Fsp3) is 0.0351. The van der Waals surface area contributed by atoms with Crippen molar-refractivity contribution in [2.75, 3.05) is 0 Å². The molecule has 712 valence electrons. The molecule has 11 aromatic carbocycles. The van der Waals surface area contributed by atoms with E-state index in [1.165, 1.54) is 11.1 Å². The zero-order chi connectivity index (χ0) is 95.3. The number of hydrogen-bond acceptors (Lipinski definition) is 12. The van der Waals surface area contributed by atoms with Crippen molar-refractivity contribution in [1.82, 2.24) is 78.1 Å². The SMILES string of the molecule is CC(C)Cc1ccnc(-n2[c-]nc3ccccc32)c1.Fc1c[c-]c(-c2ccccn2)c(F)c1.Fc1c[c-]c(-c2ccccn2)c(F)c1.Fc1c[c-]c(-c2ccccn2)c(F)c1.Fc1c[c-]c(-c2ccccn2)c(F)c1.[Ir].[Ir].[Ir].[Ir].[c-]1nc2ccccc2n1-c1cc(-c2ccccc2)ccn1.[c-]1nc2ccccc2n1-c1ccc(-c2ccccc2)cn1.[c-]1nc2ccccc2n1-c1ncccc1-c1ccccc1. The molecule has 12 aromatic heterocycles. The molecule has 0 aliphatic rings. The second kappa shape index (κ2) is 52.5. The van der Waals surface area contributed by atoms with Crippen LogP contribution >= 0.6 is 0 Å². The van der Waals surface area contributed by atoms with Crippen molar-refractivity contribution in [3.8, 4) is 102 Å². The van der Waals surface area contributed by atoms with Crippen molar-refractivity contribution in [3.05, 3.63) is 509 Å². The molecule has 23 aromatic rings. The quantitative estimate of drug-likeness (QED) is 0.0790. The van der Waals surface area contributed by atoms with Crippen LogP contribution in [-0.2, 0) is 86.8 Å². The summed E-state index contributed by atoms with van der Waals surface area (Å²) in [6.07, 6.45) is 26.7. The number of pyridine rings is 8. The summed E-state index contributed by atoms with van der Waals surface area (Å²) in [4.78, 5) is 50.9. The van der Waals surface area contributed by atoms with Crippen LogP contribution < -0.4 is 0 Å². The standard InChI is InChI=1S/3C18H12N3.C16H16N3.4C11H6F2N.4Ir/c1-2-7-14(8-3-1)15-9-6-12-19-18(15)21-13-20-16-10-4-5-11-17(16)21;1-2-6-14(7-3-1)15-10-11-19-18(12-15)21-13-20-16-8-4-5-9-17(16)21;1-2-6-14(7-3-1)15-10-11-18(19-12-15)21-13-20-16-8-4-5-9-17(16)21;1-12(2)9-13-7-8-17-16(10-13)19-11-18-14-5-3-4-6-15(14)19;4*12-8-4-5-9(10(13)7-8)11-3-1-2-6-14-11;;;;/h3*1-12H;3-8,10,12H,9H2,1-2H3;4*1-4,6-7H;;;;/q8*-1;;;;. The maximum absolute atomic E-state index is 13.2. The number of para-hydroxylation sites is 8. The Kier molecular flexibility index (Phi) is 39.0. The van der Waals surface area contributed by atoms with E-state index in [0.29, 0.717) is 28.7 Å². The molecule has 0 amide bonds. The predicted molar refractivity (Wildman–Crippen MR) is 519 cm³/mol. The number of hydrogen-bond donors (Lipinski definition) is 0. The summed E-state index contributed by atoms with van der Waals surface area (Å²) in [7, 11) is 0. The van der Waals surface area contributed by atoms with Gasteiger partial charge in [0.1, 0.15) is 0 Å². The van der Waals surface area contributed by atoms with Gasteiger partial charge < -0.3 is 58.1 Å². The van der Waals surface area contributed by atoms with Crippen LogP contribution in [-0.4, -0.2) is 78.1 Å². The Hall–Kier alpha value is -15.5. The van der Waals surface area contributed by atoms with Gasteiger partial charge in [0.15, 0.2) is 0 Å². The molecule has 0 spiro atoms. The number of imidazole rings is 4. The molecule has 0 saturated carbocycles. The van der Waals surface area contributed by atoms with Crippen LogP contribution in [0.2, 0.25) is 0 Å². The van der Waals surface area contributed by atoms with E-state index in [4.69, 9.17) is 0 Å². The Morgan fingerprint density at radius 2 is 0.577 bits per heavy atom. The minimum Gasteiger partial charge on any atom is -0.411 e. The van der Waals surface area contributed by atoms with Gasteiger partial charge in [0.25, 0.3) is 0 Å². The monoisotopic (exact) mass is 2590 g/mol. The minimum absolute atomic E-state index is 0. The largest absolute Gasteiger partial charge is 0.411 e. The second-order valence-corrected chi connectivity index (χ2v) is 30.6. The molecule has 0 unspecified atom stereocenters. The van der Waals surface area contributed by atoms with Crippen LogP contribution in [0, 0.1) is 102 Å². The Bertz CT molecular complexity index is 7560. The summed E-state index contributed by atoms with van der Waals surface area (Å²) in [5.74, 6) is -1.13. The van der Waals surface area contributed by atoms with E-state index in [0.717, 1.165) is 150 Å². The smallest absolute Gasteiger partial charge is 0.0631 e. The average molecular weight is 2590 g/mol. The van der Waals surface area contributed by atoms with Gasteiger partial charge in [-0.3, -0.25) is 55.1 Å². The van der Waals surface area contributed by atoms with Gasteiger partial charge in [0, 0.05) is 202 Å². The van der Waals surface area contributed by atoms with Gasteiger partial charge in [-0.15, -0.1) is 48.5 Å². The Labute approximate surface area is 867 Å². The summed E-state index contributed by atoms with van der Waals surface area (Å²) in [6, 6.07) is 117. The van der Waals surface area contributed by atoms with Crippen molar-refractivity contribution < 1.29 is 116 Å². The molecule has 16 nitrogen and oxygen atoms in total. The van der Waals surface area contributed by atoms with E-state index in [9.17, 15) is 35.1 Å². The van der Waals surface area contributed by atoms with Gasteiger partial charge in [-0.05, 0) is 133 Å².